The predicted molar refractivity (Wildman–Crippen MR) is 68.6 cm³/mol. The van der Waals surface area contributed by atoms with Crippen LogP contribution in [-0.4, -0.2) is 35.2 Å². The van der Waals surface area contributed by atoms with Gasteiger partial charge in [0.05, 0.1) is 6.61 Å². The molecule has 3 nitrogen and oxygen atoms in total. The van der Waals surface area contributed by atoms with Gasteiger partial charge < -0.3 is 10.4 Å². The number of carbonyl (C=O) groups excluding carboxylic acids is 1. The van der Waals surface area contributed by atoms with Crippen LogP contribution in [0.5, 0.6) is 0 Å². The summed E-state index contributed by atoms with van der Waals surface area (Å²) in [6.07, 6.45) is 6.09. The maximum atomic E-state index is 12.1. The van der Waals surface area contributed by atoms with Gasteiger partial charge in [-0.2, -0.15) is 11.8 Å². The Morgan fingerprint density at radius 1 is 1.56 bits per heavy atom. The molecule has 0 aliphatic heterocycles. The summed E-state index contributed by atoms with van der Waals surface area (Å²) in [6.45, 7) is 4.17. The minimum Gasteiger partial charge on any atom is -0.395 e. The van der Waals surface area contributed by atoms with Crippen molar-refractivity contribution in [2.45, 2.75) is 50.8 Å². The molecule has 0 heterocycles. The maximum absolute atomic E-state index is 12.1. The van der Waals surface area contributed by atoms with Crippen LogP contribution >= 0.6 is 11.8 Å². The van der Waals surface area contributed by atoms with E-state index in [1.54, 1.807) is 11.8 Å². The van der Waals surface area contributed by atoms with Crippen LogP contribution < -0.4 is 5.32 Å². The number of carbonyl (C=O) groups is 1. The van der Waals surface area contributed by atoms with E-state index in [1.807, 2.05) is 13.2 Å². The van der Waals surface area contributed by atoms with Gasteiger partial charge in [-0.05, 0) is 32.4 Å². The number of rotatable bonds is 6. The van der Waals surface area contributed by atoms with Crippen molar-refractivity contribution in [3.8, 4) is 0 Å². The highest BCUT2D eigenvalue weighted by atomic mass is 32.2. The minimum absolute atomic E-state index is 0.0384. The zero-order valence-corrected chi connectivity index (χ0v) is 11.3. The number of hydrogen-bond acceptors (Lipinski definition) is 3. The highest BCUT2D eigenvalue weighted by Crippen LogP contribution is 2.44. The van der Waals surface area contributed by atoms with Gasteiger partial charge in [-0.15, -0.1) is 0 Å². The summed E-state index contributed by atoms with van der Waals surface area (Å²) in [7, 11) is 0. The molecule has 0 bridgehead atoms. The quantitative estimate of drug-likeness (QED) is 0.750. The summed E-state index contributed by atoms with van der Waals surface area (Å²) >= 11 is 1.60. The van der Waals surface area contributed by atoms with Crippen molar-refractivity contribution < 1.29 is 9.90 Å². The lowest BCUT2D eigenvalue weighted by molar-refractivity contribution is -0.136. The average molecular weight is 245 g/mol. The molecule has 16 heavy (non-hydrogen) atoms. The largest absolute Gasteiger partial charge is 0.395 e. The summed E-state index contributed by atoms with van der Waals surface area (Å²) in [4.78, 5) is 12.1. The van der Waals surface area contributed by atoms with E-state index in [0.717, 1.165) is 19.3 Å². The molecule has 0 aromatic carbocycles. The monoisotopic (exact) mass is 245 g/mol. The summed E-state index contributed by atoms with van der Waals surface area (Å²) in [5, 5.41) is 12.3. The second-order valence-electron chi connectivity index (χ2n) is 4.71. The molecule has 2 N–H and O–H groups in total. The number of aliphatic hydroxyl groups excluding tert-OH is 1. The van der Waals surface area contributed by atoms with Crippen molar-refractivity contribution in [1.29, 1.82) is 0 Å². The second kappa shape index (κ2) is 5.92. The molecule has 1 fully saturated rings. The first kappa shape index (κ1) is 13.8. The van der Waals surface area contributed by atoms with Crippen LogP contribution in [0.1, 0.15) is 39.5 Å². The molecule has 1 rings (SSSR count). The predicted octanol–water partition coefficient (Wildman–Crippen LogP) is 1.80. The van der Waals surface area contributed by atoms with E-state index in [0.29, 0.717) is 0 Å². The summed E-state index contributed by atoms with van der Waals surface area (Å²) < 4.78 is 0. The van der Waals surface area contributed by atoms with E-state index in [1.165, 1.54) is 6.42 Å². The van der Waals surface area contributed by atoms with Gasteiger partial charge in [-0.3, -0.25) is 4.79 Å². The van der Waals surface area contributed by atoms with Gasteiger partial charge in [0.25, 0.3) is 0 Å². The molecule has 1 saturated carbocycles. The third-order valence-electron chi connectivity index (χ3n) is 3.87. The zero-order chi connectivity index (χ0) is 12.2. The minimum atomic E-state index is -0.104. The van der Waals surface area contributed by atoms with E-state index < -0.39 is 0 Å². The number of hydrogen-bond donors (Lipinski definition) is 2. The second-order valence-corrected chi connectivity index (χ2v) is 5.78. The molecule has 0 radical (unpaired) electrons. The maximum Gasteiger partial charge on any atom is 0.226 e. The van der Waals surface area contributed by atoms with Crippen LogP contribution in [0.2, 0.25) is 0 Å². The Hall–Kier alpha value is -0.220. The van der Waals surface area contributed by atoms with Gasteiger partial charge in [0.1, 0.15) is 0 Å². The smallest absolute Gasteiger partial charge is 0.226 e. The number of nitrogens with one attached hydrogen (secondary N) is 1. The van der Waals surface area contributed by atoms with Crippen molar-refractivity contribution in [3.63, 3.8) is 0 Å². The van der Waals surface area contributed by atoms with Crippen LogP contribution in [0.25, 0.3) is 0 Å². The Balaban J connectivity index is 2.50. The molecular formula is C12H23NO2S. The Labute approximate surface area is 102 Å². The first-order valence-electron chi connectivity index (χ1n) is 6.04. The molecule has 1 amide bonds. The summed E-state index contributed by atoms with van der Waals surface area (Å²) in [5.74, 6) is 0.182. The summed E-state index contributed by atoms with van der Waals surface area (Å²) in [6, 6.07) is 0.0384. The van der Waals surface area contributed by atoms with Crippen molar-refractivity contribution in [3.05, 3.63) is 0 Å². The van der Waals surface area contributed by atoms with Gasteiger partial charge in [0, 0.05) is 16.7 Å². The molecule has 0 spiro atoms. The topological polar surface area (TPSA) is 49.3 Å². The van der Waals surface area contributed by atoms with E-state index in [-0.39, 0.29) is 29.2 Å². The van der Waals surface area contributed by atoms with Gasteiger partial charge in [0.15, 0.2) is 0 Å². The van der Waals surface area contributed by atoms with Crippen molar-refractivity contribution in [2.75, 3.05) is 12.9 Å². The molecule has 0 aromatic heterocycles. The molecule has 4 heteroatoms. The highest BCUT2D eigenvalue weighted by molar-refractivity contribution is 7.99. The average Bonchev–Trinajstić information content (AvgIpc) is 2.18. The molecule has 2 atom stereocenters. The van der Waals surface area contributed by atoms with Gasteiger partial charge in [-0.1, -0.05) is 13.3 Å². The highest BCUT2D eigenvalue weighted by Gasteiger charge is 2.42. The number of aliphatic hydroxyl groups is 1. The van der Waals surface area contributed by atoms with Crippen molar-refractivity contribution >= 4 is 17.7 Å². The van der Waals surface area contributed by atoms with Gasteiger partial charge in [-0.25, -0.2) is 0 Å². The van der Waals surface area contributed by atoms with Crippen LogP contribution in [-0.2, 0) is 4.79 Å². The fraction of sp³-hybridized carbons (Fsp3) is 0.917. The van der Waals surface area contributed by atoms with Crippen molar-refractivity contribution in [2.24, 2.45) is 5.41 Å². The molecule has 0 saturated heterocycles. The molecule has 0 aromatic rings. The van der Waals surface area contributed by atoms with E-state index >= 15 is 0 Å². The lowest BCUT2D eigenvalue weighted by Gasteiger charge is -2.40. The third-order valence-corrected chi connectivity index (χ3v) is 5.03. The first-order valence-corrected chi connectivity index (χ1v) is 7.33. The molecule has 94 valence electrons. The molecule has 1 aliphatic rings. The van der Waals surface area contributed by atoms with Crippen LogP contribution in [0, 0.1) is 5.41 Å². The van der Waals surface area contributed by atoms with E-state index in [4.69, 9.17) is 5.11 Å². The molecule has 1 aliphatic carbocycles. The third kappa shape index (κ3) is 2.72. The Bertz CT molecular complexity index is 232. The van der Waals surface area contributed by atoms with E-state index in [2.05, 4.69) is 12.2 Å². The Morgan fingerprint density at radius 3 is 2.50 bits per heavy atom. The number of amides is 1. The standard InChI is InChI=1S/C12H23NO2S/c1-4-12(6-5-7-12)11(15)13-9(2)10(8-14)16-3/h9-10,14H,4-8H2,1-3H3,(H,13,15). The fourth-order valence-electron chi connectivity index (χ4n) is 2.23. The van der Waals surface area contributed by atoms with Crippen LogP contribution in [0.15, 0.2) is 0 Å². The fourth-order valence-corrected chi connectivity index (χ4v) is 2.86. The lowest BCUT2D eigenvalue weighted by Crippen LogP contribution is -2.51. The lowest BCUT2D eigenvalue weighted by atomic mass is 9.66. The Morgan fingerprint density at radius 2 is 2.19 bits per heavy atom. The SMILES string of the molecule is CCC1(C(=O)NC(C)C(CO)SC)CCC1. The summed E-state index contributed by atoms with van der Waals surface area (Å²) in [5.41, 5.74) is -0.104. The first-order chi connectivity index (χ1) is 7.59. The van der Waals surface area contributed by atoms with Gasteiger partial charge >= 0.3 is 0 Å². The normalized spacial score (nSPS) is 22.0. The zero-order valence-electron chi connectivity index (χ0n) is 10.5. The van der Waals surface area contributed by atoms with E-state index in [9.17, 15) is 4.79 Å². The van der Waals surface area contributed by atoms with Crippen LogP contribution in [0.3, 0.4) is 0 Å². The molecular weight excluding hydrogens is 222 g/mol. The van der Waals surface area contributed by atoms with Gasteiger partial charge in [0.2, 0.25) is 5.91 Å². The molecule has 2 unspecified atom stereocenters. The number of thioether (sulfide) groups is 1. The Kier molecular flexibility index (Phi) is 5.12. The van der Waals surface area contributed by atoms with Crippen molar-refractivity contribution in [1.82, 2.24) is 5.32 Å². The van der Waals surface area contributed by atoms with Crippen LogP contribution in [0.4, 0.5) is 0 Å².